The molecule has 0 amide bonds. The molecular formula is C14H9F3N2O2. The average Bonchev–Trinajstić information content (AvgIpc) is 2.38. The molecule has 108 valence electrons. The predicted molar refractivity (Wildman–Crippen MR) is 68.4 cm³/mol. The molecule has 2 aromatic rings. The first kappa shape index (κ1) is 14.7. The first-order chi connectivity index (χ1) is 9.90. The summed E-state index contributed by atoms with van der Waals surface area (Å²) in [6.45, 7) is 1.49. The van der Waals surface area contributed by atoms with Gasteiger partial charge in [-0.2, -0.15) is 5.26 Å². The van der Waals surface area contributed by atoms with Crippen molar-refractivity contribution >= 4 is 0 Å². The van der Waals surface area contributed by atoms with Crippen LogP contribution >= 0.6 is 0 Å². The van der Waals surface area contributed by atoms with Crippen molar-refractivity contribution in [3.8, 4) is 22.9 Å². The Hall–Kier alpha value is -2.75. The SMILES string of the molecule is COc1c(F)cc(F)c(-c2cc(C)[nH]c(=O)c2C#N)c1F. The summed E-state index contributed by atoms with van der Waals surface area (Å²) in [6.07, 6.45) is 0. The second-order valence-electron chi connectivity index (χ2n) is 4.24. The van der Waals surface area contributed by atoms with Crippen LogP contribution in [0.1, 0.15) is 11.3 Å². The monoisotopic (exact) mass is 294 g/mol. The number of nitrogens with zero attached hydrogens (tertiary/aromatic N) is 1. The van der Waals surface area contributed by atoms with Crippen molar-refractivity contribution in [3.05, 3.63) is 51.2 Å². The summed E-state index contributed by atoms with van der Waals surface area (Å²) >= 11 is 0. The number of nitrogens with one attached hydrogen (secondary N) is 1. The van der Waals surface area contributed by atoms with Crippen LogP contribution < -0.4 is 10.3 Å². The van der Waals surface area contributed by atoms with E-state index in [1.54, 1.807) is 6.07 Å². The van der Waals surface area contributed by atoms with E-state index in [1.807, 2.05) is 0 Å². The molecule has 0 saturated heterocycles. The number of H-pyrrole nitrogens is 1. The quantitative estimate of drug-likeness (QED) is 0.926. The van der Waals surface area contributed by atoms with Gasteiger partial charge in [-0.25, -0.2) is 13.2 Å². The van der Waals surface area contributed by atoms with Crippen LogP contribution in [-0.4, -0.2) is 12.1 Å². The standard InChI is InChI=1S/C14H9F3N2O2/c1-6-3-7(8(5-18)14(20)19-6)11-9(15)4-10(16)13(21-2)12(11)17/h3-4H,1-2H3,(H,19,20). The summed E-state index contributed by atoms with van der Waals surface area (Å²) in [4.78, 5) is 14.0. The number of rotatable bonds is 2. The van der Waals surface area contributed by atoms with E-state index in [0.717, 1.165) is 7.11 Å². The van der Waals surface area contributed by atoms with Crippen LogP contribution in [0.5, 0.6) is 5.75 Å². The van der Waals surface area contributed by atoms with Crippen molar-refractivity contribution in [3.63, 3.8) is 0 Å². The number of hydrogen-bond acceptors (Lipinski definition) is 3. The molecule has 0 radical (unpaired) electrons. The number of methoxy groups -OCH3 is 1. The second kappa shape index (κ2) is 5.32. The smallest absolute Gasteiger partial charge is 0.266 e. The van der Waals surface area contributed by atoms with Gasteiger partial charge in [-0.3, -0.25) is 4.79 Å². The van der Waals surface area contributed by atoms with E-state index in [2.05, 4.69) is 9.72 Å². The molecule has 0 fully saturated rings. The van der Waals surface area contributed by atoms with Gasteiger partial charge in [-0.05, 0) is 13.0 Å². The highest BCUT2D eigenvalue weighted by Crippen LogP contribution is 2.34. The second-order valence-corrected chi connectivity index (χ2v) is 4.24. The van der Waals surface area contributed by atoms with Gasteiger partial charge in [-0.1, -0.05) is 0 Å². The molecule has 0 bridgehead atoms. The van der Waals surface area contributed by atoms with E-state index < -0.39 is 39.9 Å². The summed E-state index contributed by atoms with van der Waals surface area (Å²) in [5.41, 5.74) is -1.89. The van der Waals surface area contributed by atoms with Crippen LogP contribution in [0.15, 0.2) is 16.9 Å². The van der Waals surface area contributed by atoms with Gasteiger partial charge in [-0.15, -0.1) is 0 Å². The normalized spacial score (nSPS) is 10.3. The molecule has 0 unspecified atom stereocenters. The summed E-state index contributed by atoms with van der Waals surface area (Å²) in [5.74, 6) is -4.53. The van der Waals surface area contributed by atoms with Crippen LogP contribution in [0.3, 0.4) is 0 Å². The Bertz CT molecular complexity index is 822. The number of nitriles is 1. The van der Waals surface area contributed by atoms with Gasteiger partial charge in [0.1, 0.15) is 17.4 Å². The highest BCUT2D eigenvalue weighted by molar-refractivity contribution is 5.72. The molecule has 0 atom stereocenters. The van der Waals surface area contributed by atoms with Crippen LogP contribution in [-0.2, 0) is 0 Å². The Morgan fingerprint density at radius 1 is 1.24 bits per heavy atom. The van der Waals surface area contributed by atoms with Gasteiger partial charge >= 0.3 is 0 Å². The summed E-state index contributed by atoms with van der Waals surface area (Å²) in [7, 11) is 1.03. The highest BCUT2D eigenvalue weighted by Gasteiger charge is 2.24. The van der Waals surface area contributed by atoms with Crippen LogP contribution in [0.25, 0.3) is 11.1 Å². The van der Waals surface area contributed by atoms with Crippen LogP contribution in [0, 0.1) is 35.7 Å². The molecule has 2 rings (SSSR count). The van der Waals surface area contributed by atoms with Crippen LogP contribution in [0.4, 0.5) is 13.2 Å². The van der Waals surface area contributed by atoms with E-state index in [-0.39, 0.29) is 5.56 Å². The third-order valence-electron chi connectivity index (χ3n) is 2.88. The maximum Gasteiger partial charge on any atom is 0.266 e. The number of pyridine rings is 1. The maximum absolute atomic E-state index is 14.2. The number of ether oxygens (including phenoxy) is 1. The summed E-state index contributed by atoms with van der Waals surface area (Å²) in [6, 6.07) is 3.26. The lowest BCUT2D eigenvalue weighted by atomic mass is 9.99. The lowest BCUT2D eigenvalue weighted by Gasteiger charge is -2.11. The Morgan fingerprint density at radius 2 is 1.90 bits per heavy atom. The van der Waals surface area contributed by atoms with Crippen molar-refractivity contribution in [2.24, 2.45) is 0 Å². The molecule has 0 aliphatic carbocycles. The molecule has 21 heavy (non-hydrogen) atoms. The molecule has 0 spiro atoms. The Labute approximate surface area is 117 Å². The molecule has 0 aliphatic rings. The van der Waals surface area contributed by atoms with Gasteiger partial charge in [0, 0.05) is 17.3 Å². The summed E-state index contributed by atoms with van der Waals surface area (Å²) in [5, 5.41) is 8.99. The minimum absolute atomic E-state index is 0.257. The molecule has 1 heterocycles. The molecule has 4 nitrogen and oxygen atoms in total. The fourth-order valence-electron chi connectivity index (χ4n) is 2.00. The van der Waals surface area contributed by atoms with Crippen molar-refractivity contribution in [1.82, 2.24) is 4.98 Å². The number of aromatic nitrogens is 1. The maximum atomic E-state index is 14.2. The van der Waals surface area contributed by atoms with E-state index in [0.29, 0.717) is 11.8 Å². The van der Waals surface area contributed by atoms with Crippen molar-refractivity contribution < 1.29 is 17.9 Å². The molecule has 0 aliphatic heterocycles. The zero-order valence-electron chi connectivity index (χ0n) is 11.1. The zero-order valence-corrected chi connectivity index (χ0v) is 11.1. The Kier molecular flexibility index (Phi) is 3.72. The van der Waals surface area contributed by atoms with Crippen molar-refractivity contribution in [1.29, 1.82) is 5.26 Å². The largest absolute Gasteiger partial charge is 0.491 e. The first-order valence-electron chi connectivity index (χ1n) is 5.76. The highest BCUT2D eigenvalue weighted by atomic mass is 19.1. The third-order valence-corrected chi connectivity index (χ3v) is 2.88. The summed E-state index contributed by atoms with van der Waals surface area (Å²) < 4.78 is 46.1. The topological polar surface area (TPSA) is 65.9 Å². The third kappa shape index (κ3) is 2.36. The van der Waals surface area contributed by atoms with E-state index >= 15 is 0 Å². The van der Waals surface area contributed by atoms with E-state index in [9.17, 15) is 18.0 Å². The first-order valence-corrected chi connectivity index (χ1v) is 5.76. The molecule has 0 saturated carbocycles. The van der Waals surface area contributed by atoms with Crippen molar-refractivity contribution in [2.45, 2.75) is 6.92 Å². The number of aryl methyl sites for hydroxylation is 1. The fraction of sp³-hybridized carbons (Fsp3) is 0.143. The number of aromatic amines is 1. The number of hydrogen-bond donors (Lipinski definition) is 1. The van der Waals surface area contributed by atoms with E-state index in [4.69, 9.17) is 5.26 Å². The fourth-order valence-corrected chi connectivity index (χ4v) is 2.00. The number of halogens is 3. The van der Waals surface area contributed by atoms with Gasteiger partial charge in [0.25, 0.3) is 5.56 Å². The van der Waals surface area contributed by atoms with Crippen LogP contribution in [0.2, 0.25) is 0 Å². The Balaban J connectivity index is 2.92. The minimum Gasteiger partial charge on any atom is -0.491 e. The van der Waals surface area contributed by atoms with Gasteiger partial charge < -0.3 is 9.72 Å². The van der Waals surface area contributed by atoms with Crippen molar-refractivity contribution in [2.75, 3.05) is 7.11 Å². The molecule has 1 N–H and O–H groups in total. The minimum atomic E-state index is -1.31. The molecular weight excluding hydrogens is 285 g/mol. The molecule has 1 aromatic carbocycles. The lowest BCUT2D eigenvalue weighted by molar-refractivity contribution is 0.357. The van der Waals surface area contributed by atoms with Gasteiger partial charge in [0.05, 0.1) is 12.7 Å². The molecule has 7 heteroatoms. The van der Waals surface area contributed by atoms with Gasteiger partial charge in [0.15, 0.2) is 17.4 Å². The predicted octanol–water partition coefficient (Wildman–Crippen LogP) is 2.65. The zero-order chi connectivity index (χ0) is 15.7. The number of benzene rings is 1. The average molecular weight is 294 g/mol. The lowest BCUT2D eigenvalue weighted by Crippen LogP contribution is -2.14. The molecule has 1 aromatic heterocycles. The Morgan fingerprint density at radius 3 is 2.48 bits per heavy atom. The van der Waals surface area contributed by atoms with E-state index in [1.165, 1.54) is 13.0 Å². The van der Waals surface area contributed by atoms with Gasteiger partial charge in [0.2, 0.25) is 0 Å².